The van der Waals surface area contributed by atoms with Gasteiger partial charge in [-0.3, -0.25) is 4.79 Å². The molecule has 186 valence electrons. The summed E-state index contributed by atoms with van der Waals surface area (Å²) in [5.74, 6) is 0.0949. The van der Waals surface area contributed by atoms with Crippen LogP contribution in [-0.4, -0.2) is 51.6 Å². The number of ether oxygens (including phenoxy) is 2. The van der Waals surface area contributed by atoms with Gasteiger partial charge in [-0.1, -0.05) is 31.0 Å². The number of carbonyl (C=O) groups is 3. The number of thiophene rings is 1. The van der Waals surface area contributed by atoms with Crippen LogP contribution in [0.25, 0.3) is 0 Å². The Bertz CT molecular complexity index is 1030. The summed E-state index contributed by atoms with van der Waals surface area (Å²) in [7, 11) is 0. The third-order valence-electron chi connectivity index (χ3n) is 5.70. The first-order chi connectivity index (χ1) is 16.4. The Hall–Kier alpha value is -2.40. The summed E-state index contributed by atoms with van der Waals surface area (Å²) in [6.07, 6.45) is 5.94. The van der Waals surface area contributed by atoms with Crippen LogP contribution in [-0.2, 0) is 20.8 Å². The summed E-state index contributed by atoms with van der Waals surface area (Å²) < 4.78 is 12.3. The van der Waals surface area contributed by atoms with Gasteiger partial charge in [-0.15, -0.1) is 21.5 Å². The van der Waals surface area contributed by atoms with E-state index in [1.54, 1.807) is 20.8 Å². The third-order valence-corrected chi connectivity index (χ3v) is 7.86. The fraction of sp³-hybridized carbons (Fsp3) is 0.609. The van der Waals surface area contributed by atoms with Gasteiger partial charge in [-0.05, 0) is 46.1 Å². The number of aromatic nitrogens is 3. The molecule has 1 saturated carbocycles. The molecule has 0 aromatic carbocycles. The van der Waals surface area contributed by atoms with Crippen molar-refractivity contribution in [1.29, 1.82) is 0 Å². The molecule has 1 fully saturated rings. The molecule has 0 saturated heterocycles. The lowest BCUT2D eigenvalue weighted by Crippen LogP contribution is -2.17. The van der Waals surface area contributed by atoms with E-state index >= 15 is 0 Å². The molecule has 2 aromatic heterocycles. The number of amides is 1. The largest absolute Gasteiger partial charge is 0.462 e. The molecule has 1 aliphatic carbocycles. The highest BCUT2D eigenvalue weighted by molar-refractivity contribution is 7.99. The van der Waals surface area contributed by atoms with E-state index in [4.69, 9.17) is 9.47 Å². The Morgan fingerprint density at radius 1 is 1.06 bits per heavy atom. The highest BCUT2D eigenvalue weighted by Crippen LogP contribution is 2.35. The lowest BCUT2D eigenvalue weighted by molar-refractivity contribution is -0.113. The van der Waals surface area contributed by atoms with Gasteiger partial charge in [-0.2, -0.15) is 0 Å². The predicted octanol–water partition coefficient (Wildman–Crippen LogP) is 4.80. The molecule has 0 spiro atoms. The van der Waals surface area contributed by atoms with Gasteiger partial charge >= 0.3 is 11.9 Å². The quantitative estimate of drug-likeness (QED) is 0.360. The van der Waals surface area contributed by atoms with Crippen LogP contribution in [0.4, 0.5) is 5.00 Å². The van der Waals surface area contributed by atoms with Gasteiger partial charge in [0.05, 0.1) is 24.5 Å². The van der Waals surface area contributed by atoms with Gasteiger partial charge in [-0.25, -0.2) is 9.59 Å². The number of rotatable bonds is 10. The molecule has 1 amide bonds. The van der Waals surface area contributed by atoms with E-state index < -0.39 is 11.9 Å². The van der Waals surface area contributed by atoms with Crippen LogP contribution in [0.15, 0.2) is 5.16 Å². The molecular weight excluding hydrogens is 476 g/mol. The van der Waals surface area contributed by atoms with E-state index in [0.29, 0.717) is 16.6 Å². The molecule has 0 aliphatic heterocycles. The smallest absolute Gasteiger partial charge is 0.348 e. The SMILES string of the molecule is CCOC(=O)c1sc(NC(=O)CSc2nnc(C3CCCCC3)n2CC)c(C(=O)OCC)c1C. The standard InChI is InChI=1S/C23H32N4O5S2/c1-5-27-19(15-11-9-8-10-12-15)25-26-23(27)33-13-16(28)24-20-17(21(29)31-6-2)14(4)18(34-20)22(30)32-7-3/h15H,5-13H2,1-4H3,(H,24,28). The fourth-order valence-corrected chi connectivity index (χ4v) is 6.02. The van der Waals surface area contributed by atoms with Crippen molar-refractivity contribution in [3.8, 4) is 0 Å². The minimum absolute atomic E-state index is 0.0940. The molecule has 0 radical (unpaired) electrons. The lowest BCUT2D eigenvalue weighted by Gasteiger charge is -2.21. The van der Waals surface area contributed by atoms with Crippen LogP contribution in [0.3, 0.4) is 0 Å². The minimum Gasteiger partial charge on any atom is -0.462 e. The number of anilines is 1. The fourth-order valence-electron chi connectivity index (χ4n) is 4.10. The van der Waals surface area contributed by atoms with Crippen molar-refractivity contribution >= 4 is 45.9 Å². The maximum Gasteiger partial charge on any atom is 0.348 e. The molecule has 3 rings (SSSR count). The van der Waals surface area contributed by atoms with Gasteiger partial charge in [0.1, 0.15) is 15.7 Å². The second-order valence-corrected chi connectivity index (χ2v) is 9.92. The Morgan fingerprint density at radius 2 is 1.74 bits per heavy atom. The highest BCUT2D eigenvalue weighted by atomic mass is 32.2. The molecule has 9 nitrogen and oxygen atoms in total. The average molecular weight is 509 g/mol. The third kappa shape index (κ3) is 5.99. The average Bonchev–Trinajstić information content (AvgIpc) is 3.39. The van der Waals surface area contributed by atoms with Crippen molar-refractivity contribution < 1.29 is 23.9 Å². The second kappa shape index (κ2) is 12.3. The van der Waals surface area contributed by atoms with E-state index in [9.17, 15) is 14.4 Å². The minimum atomic E-state index is -0.586. The molecule has 0 atom stereocenters. The summed E-state index contributed by atoms with van der Waals surface area (Å²) in [5.41, 5.74) is 0.622. The predicted molar refractivity (Wildman–Crippen MR) is 132 cm³/mol. The van der Waals surface area contributed by atoms with Crippen LogP contribution in [0.5, 0.6) is 0 Å². The zero-order chi connectivity index (χ0) is 24.7. The molecule has 34 heavy (non-hydrogen) atoms. The molecule has 0 bridgehead atoms. The van der Waals surface area contributed by atoms with E-state index in [2.05, 4.69) is 27.0 Å². The second-order valence-electron chi connectivity index (χ2n) is 7.96. The van der Waals surface area contributed by atoms with Crippen molar-refractivity contribution in [3.05, 3.63) is 21.8 Å². The number of thioether (sulfide) groups is 1. The summed E-state index contributed by atoms with van der Waals surface area (Å²) in [6, 6.07) is 0. The molecule has 1 aliphatic rings. The Morgan fingerprint density at radius 3 is 2.38 bits per heavy atom. The van der Waals surface area contributed by atoms with Crippen molar-refractivity contribution in [2.24, 2.45) is 0 Å². The topological polar surface area (TPSA) is 112 Å². The van der Waals surface area contributed by atoms with Crippen LogP contribution < -0.4 is 5.32 Å². The highest BCUT2D eigenvalue weighted by Gasteiger charge is 2.28. The first-order valence-corrected chi connectivity index (χ1v) is 13.5. The Labute approximate surface area is 208 Å². The maximum absolute atomic E-state index is 12.8. The maximum atomic E-state index is 12.8. The van der Waals surface area contributed by atoms with Crippen molar-refractivity contribution in [2.45, 2.75) is 77.4 Å². The number of esters is 2. The normalized spacial score (nSPS) is 14.1. The summed E-state index contributed by atoms with van der Waals surface area (Å²) in [6.45, 7) is 8.25. The monoisotopic (exact) mass is 508 g/mol. The van der Waals surface area contributed by atoms with Crippen molar-refractivity contribution in [2.75, 3.05) is 24.3 Å². The van der Waals surface area contributed by atoms with Crippen LogP contribution in [0.1, 0.15) is 90.2 Å². The van der Waals surface area contributed by atoms with Gasteiger partial charge in [0.15, 0.2) is 5.16 Å². The first kappa shape index (κ1) is 26.2. The molecule has 0 unspecified atom stereocenters. The molecule has 2 heterocycles. The molecule has 11 heteroatoms. The van der Waals surface area contributed by atoms with Gasteiger partial charge in [0.2, 0.25) is 5.91 Å². The van der Waals surface area contributed by atoms with Crippen molar-refractivity contribution in [1.82, 2.24) is 14.8 Å². The van der Waals surface area contributed by atoms with Gasteiger partial charge < -0.3 is 19.4 Å². The number of hydrogen-bond donors (Lipinski definition) is 1. The van der Waals surface area contributed by atoms with Crippen LogP contribution >= 0.6 is 23.1 Å². The summed E-state index contributed by atoms with van der Waals surface area (Å²) in [4.78, 5) is 37.9. The van der Waals surface area contributed by atoms with E-state index in [1.165, 1.54) is 31.0 Å². The van der Waals surface area contributed by atoms with Crippen molar-refractivity contribution in [3.63, 3.8) is 0 Å². The zero-order valence-corrected chi connectivity index (χ0v) is 21.8. The lowest BCUT2D eigenvalue weighted by atomic mass is 9.89. The van der Waals surface area contributed by atoms with E-state index in [0.717, 1.165) is 36.5 Å². The summed E-state index contributed by atoms with van der Waals surface area (Å²) >= 11 is 2.33. The summed E-state index contributed by atoms with van der Waals surface area (Å²) in [5, 5.41) is 12.5. The van der Waals surface area contributed by atoms with E-state index in [-0.39, 0.29) is 40.3 Å². The van der Waals surface area contributed by atoms with E-state index in [1.807, 2.05) is 0 Å². The Kier molecular flexibility index (Phi) is 9.52. The number of carbonyl (C=O) groups excluding carboxylic acids is 3. The van der Waals surface area contributed by atoms with Gasteiger partial charge in [0.25, 0.3) is 0 Å². The molecular formula is C23H32N4O5S2. The molecule has 1 N–H and O–H groups in total. The Balaban J connectivity index is 1.73. The first-order valence-electron chi connectivity index (χ1n) is 11.7. The number of nitrogens with one attached hydrogen (secondary N) is 1. The number of hydrogen-bond acceptors (Lipinski definition) is 9. The van der Waals surface area contributed by atoms with Crippen LogP contribution in [0.2, 0.25) is 0 Å². The molecule has 2 aromatic rings. The number of nitrogens with zero attached hydrogens (tertiary/aromatic N) is 3. The van der Waals surface area contributed by atoms with Crippen LogP contribution in [0, 0.1) is 6.92 Å². The zero-order valence-electron chi connectivity index (χ0n) is 20.1. The van der Waals surface area contributed by atoms with Gasteiger partial charge in [0, 0.05) is 12.5 Å².